The summed E-state index contributed by atoms with van der Waals surface area (Å²) in [6.45, 7) is 0. The van der Waals surface area contributed by atoms with Gasteiger partial charge < -0.3 is 0 Å². The van der Waals surface area contributed by atoms with Crippen molar-refractivity contribution in [2.45, 2.75) is 0 Å². The number of halogens is 1. The maximum absolute atomic E-state index is 5.44. The van der Waals surface area contributed by atoms with Crippen LogP contribution < -0.4 is 0 Å². The molecule has 0 spiro atoms. The Bertz CT molecular complexity index is 140. The summed E-state index contributed by atoms with van der Waals surface area (Å²) in [7, 11) is 0. The third-order valence-electron chi connectivity index (χ3n) is 0.548. The molecule has 0 bridgehead atoms. The van der Waals surface area contributed by atoms with E-state index in [2.05, 4.69) is 10.2 Å². The van der Waals surface area contributed by atoms with Crippen LogP contribution in [-0.4, -0.2) is 10.2 Å². The van der Waals surface area contributed by atoms with Crippen LogP contribution in [0.4, 0.5) is 0 Å². The maximum Gasteiger partial charge on any atom is 0.0682 e. The molecule has 0 radical (unpaired) electrons. The predicted molar refractivity (Wildman–Crippen MR) is 27.0 cm³/mol. The van der Waals surface area contributed by atoms with E-state index in [1.54, 1.807) is 12.3 Å². The van der Waals surface area contributed by atoms with Crippen LogP contribution in [0, 0.1) is 0 Å². The molecule has 1 heterocycles. The van der Waals surface area contributed by atoms with E-state index in [4.69, 9.17) is 11.6 Å². The van der Waals surface area contributed by atoms with Crippen molar-refractivity contribution in [3.63, 3.8) is 0 Å². The van der Waals surface area contributed by atoms with E-state index in [0.717, 1.165) is 0 Å². The Morgan fingerprint density at radius 1 is 1.43 bits per heavy atom. The smallest absolute Gasteiger partial charge is 0.0682 e. The second-order valence-corrected chi connectivity index (χ2v) is 1.50. The lowest BCUT2D eigenvalue weighted by Gasteiger charge is -1.78. The van der Waals surface area contributed by atoms with Crippen molar-refractivity contribution in [3.05, 3.63) is 23.5 Å². The quantitative estimate of drug-likeness (QED) is 0.505. The third kappa shape index (κ3) is 1.12. The van der Waals surface area contributed by atoms with Crippen LogP contribution in [0.2, 0.25) is 5.02 Å². The van der Waals surface area contributed by atoms with Crippen molar-refractivity contribution in [1.82, 2.24) is 10.2 Å². The van der Waals surface area contributed by atoms with Gasteiger partial charge in [0.15, 0.2) is 0 Å². The van der Waals surface area contributed by atoms with Crippen molar-refractivity contribution in [2.75, 3.05) is 0 Å². The van der Waals surface area contributed by atoms with Crippen LogP contribution in [0.1, 0.15) is 0 Å². The molecule has 36 valence electrons. The lowest BCUT2D eigenvalue weighted by atomic mass is 10.6. The molecule has 7 heavy (non-hydrogen) atoms. The highest BCUT2D eigenvalue weighted by Crippen LogP contribution is 1.99. The highest BCUT2D eigenvalue weighted by molar-refractivity contribution is 6.30. The van der Waals surface area contributed by atoms with E-state index in [1.807, 2.05) is 0 Å². The Kier molecular flexibility index (Phi) is 1.22. The van der Waals surface area contributed by atoms with Gasteiger partial charge >= 0.3 is 0 Å². The zero-order valence-corrected chi connectivity index (χ0v) is 4.26. The van der Waals surface area contributed by atoms with Gasteiger partial charge in [-0.2, -0.15) is 10.2 Å². The zero-order valence-electron chi connectivity index (χ0n) is 3.50. The van der Waals surface area contributed by atoms with Crippen LogP contribution in [-0.2, 0) is 0 Å². The van der Waals surface area contributed by atoms with Gasteiger partial charge in [-0.3, -0.25) is 0 Å². The van der Waals surface area contributed by atoms with Gasteiger partial charge in [0.1, 0.15) is 0 Å². The van der Waals surface area contributed by atoms with Crippen LogP contribution in [0.5, 0.6) is 0 Å². The van der Waals surface area contributed by atoms with Crippen molar-refractivity contribution >= 4 is 11.6 Å². The monoisotopic (exact) mass is 114 g/mol. The van der Waals surface area contributed by atoms with Gasteiger partial charge in [-0.15, -0.1) is 0 Å². The lowest BCUT2D eigenvalue weighted by Crippen LogP contribution is -1.73. The molecule has 1 rings (SSSR count). The zero-order chi connectivity index (χ0) is 5.11. The average molecular weight is 115 g/mol. The van der Waals surface area contributed by atoms with Crippen LogP contribution in [0.15, 0.2) is 18.5 Å². The van der Waals surface area contributed by atoms with Gasteiger partial charge in [0.05, 0.1) is 17.4 Å². The standard InChI is InChI=1S/C4H3ClN2/c5-4-1-2-6-7-3-4/h1-3H. The molecular formula is C4H3ClN2. The number of aromatic nitrogens is 2. The van der Waals surface area contributed by atoms with E-state index in [-0.39, 0.29) is 0 Å². The molecule has 0 aromatic carbocycles. The predicted octanol–water partition coefficient (Wildman–Crippen LogP) is 1.13. The Morgan fingerprint density at radius 3 is 2.57 bits per heavy atom. The van der Waals surface area contributed by atoms with Crippen LogP contribution in [0.25, 0.3) is 0 Å². The topological polar surface area (TPSA) is 25.8 Å². The molecule has 0 aliphatic rings. The Hall–Kier alpha value is -0.630. The molecule has 0 saturated carbocycles. The summed E-state index contributed by atoms with van der Waals surface area (Å²) < 4.78 is 0. The minimum Gasteiger partial charge on any atom is -0.159 e. The molecule has 0 unspecified atom stereocenters. The van der Waals surface area contributed by atoms with Crippen molar-refractivity contribution in [3.8, 4) is 0 Å². The summed E-state index contributed by atoms with van der Waals surface area (Å²) in [6.07, 6.45) is 3.03. The van der Waals surface area contributed by atoms with Gasteiger partial charge in [0.2, 0.25) is 0 Å². The second-order valence-electron chi connectivity index (χ2n) is 1.06. The maximum atomic E-state index is 5.44. The molecule has 3 heteroatoms. The Balaban J connectivity index is 3.02. The minimum absolute atomic E-state index is 0.620. The van der Waals surface area contributed by atoms with Gasteiger partial charge in [0.25, 0.3) is 0 Å². The molecule has 0 aliphatic carbocycles. The Morgan fingerprint density at radius 2 is 2.29 bits per heavy atom. The summed E-state index contributed by atoms with van der Waals surface area (Å²) in [4.78, 5) is 0. The number of rotatable bonds is 0. The fraction of sp³-hybridized carbons (Fsp3) is 0. The first-order valence-corrected chi connectivity index (χ1v) is 2.19. The van der Waals surface area contributed by atoms with Gasteiger partial charge in [0, 0.05) is 0 Å². The number of hydrogen-bond acceptors (Lipinski definition) is 2. The summed E-state index contributed by atoms with van der Waals surface area (Å²) in [5, 5.41) is 7.63. The van der Waals surface area contributed by atoms with E-state index < -0.39 is 0 Å². The third-order valence-corrected chi connectivity index (χ3v) is 0.772. The molecule has 0 saturated heterocycles. The highest BCUT2D eigenvalue weighted by atomic mass is 35.5. The molecule has 0 aliphatic heterocycles. The molecule has 2 nitrogen and oxygen atoms in total. The number of nitrogens with zero attached hydrogens (tertiary/aromatic N) is 2. The summed E-state index contributed by atoms with van der Waals surface area (Å²) in [5.74, 6) is 0. The van der Waals surface area contributed by atoms with Crippen molar-refractivity contribution < 1.29 is 0 Å². The molecule has 0 atom stereocenters. The molecule has 1 aromatic heterocycles. The van der Waals surface area contributed by atoms with E-state index >= 15 is 0 Å². The van der Waals surface area contributed by atoms with E-state index in [0.29, 0.717) is 5.02 Å². The summed E-state index contributed by atoms with van der Waals surface area (Å²) in [5.41, 5.74) is 0. The Labute approximate surface area is 46.1 Å². The summed E-state index contributed by atoms with van der Waals surface area (Å²) >= 11 is 5.44. The largest absolute Gasteiger partial charge is 0.159 e. The first kappa shape index (κ1) is 4.53. The fourth-order valence-electron chi connectivity index (χ4n) is 0.275. The number of hydrogen-bond donors (Lipinski definition) is 0. The van der Waals surface area contributed by atoms with Crippen molar-refractivity contribution in [2.24, 2.45) is 0 Å². The molecular weight excluding hydrogens is 112 g/mol. The van der Waals surface area contributed by atoms with Gasteiger partial charge in [-0.05, 0) is 6.07 Å². The van der Waals surface area contributed by atoms with Crippen LogP contribution >= 0.6 is 11.6 Å². The normalized spacial score (nSPS) is 8.71. The van der Waals surface area contributed by atoms with Crippen molar-refractivity contribution in [1.29, 1.82) is 0 Å². The fourth-order valence-corrected chi connectivity index (χ4v) is 0.375. The highest BCUT2D eigenvalue weighted by Gasteiger charge is 1.77. The SMILES string of the molecule is Clc1ccnnc1. The lowest BCUT2D eigenvalue weighted by molar-refractivity contribution is 1.03. The van der Waals surface area contributed by atoms with Gasteiger partial charge in [-0.1, -0.05) is 11.6 Å². The first-order chi connectivity index (χ1) is 3.39. The average Bonchev–Trinajstić information content (AvgIpc) is 1.69. The van der Waals surface area contributed by atoms with Gasteiger partial charge in [-0.25, -0.2) is 0 Å². The molecule has 0 amide bonds. The molecule has 1 aromatic rings. The van der Waals surface area contributed by atoms with E-state index in [9.17, 15) is 0 Å². The second kappa shape index (κ2) is 1.89. The van der Waals surface area contributed by atoms with E-state index in [1.165, 1.54) is 6.20 Å². The molecule has 0 N–H and O–H groups in total. The molecule has 0 fully saturated rings. The summed E-state index contributed by atoms with van der Waals surface area (Å²) in [6, 6.07) is 1.68. The van der Waals surface area contributed by atoms with Crippen LogP contribution in [0.3, 0.4) is 0 Å². The first-order valence-electron chi connectivity index (χ1n) is 1.82. The minimum atomic E-state index is 0.620.